The van der Waals surface area contributed by atoms with Crippen molar-refractivity contribution in [2.75, 3.05) is 13.2 Å². The molecule has 15 heteroatoms. The molecule has 2 bridgehead atoms. The minimum Gasteiger partial charge on any atom is -0.320 e. The van der Waals surface area contributed by atoms with E-state index in [9.17, 15) is 30.7 Å². The first kappa shape index (κ1) is 31.2. The molecule has 43 heavy (non-hydrogen) atoms. The molecule has 232 valence electrons. The number of fused-ring (bicyclic) bond motifs is 2. The first-order valence-corrected chi connectivity index (χ1v) is 12.6. The van der Waals surface area contributed by atoms with E-state index >= 15 is 17.6 Å². The first-order valence-electron chi connectivity index (χ1n) is 12.6. The van der Waals surface area contributed by atoms with Crippen molar-refractivity contribution in [3.05, 3.63) is 82.4 Å². The Morgan fingerprint density at radius 2 is 1.14 bits per heavy atom. The van der Waals surface area contributed by atoms with Crippen LogP contribution in [0.1, 0.15) is 37.3 Å². The third kappa shape index (κ3) is 5.70. The zero-order chi connectivity index (χ0) is 31.5. The van der Waals surface area contributed by atoms with Gasteiger partial charge in [0.05, 0.1) is 24.3 Å². The SMILES string of the molecule is CCCCC12COC(c3cc(F)c(-c4cc(F)c(-c5cc(F)c(C(F)(F)OC(F)(F)F)c(F)c5)c(F)c4)c(F)c3)(OC1)O2. The fourth-order valence-corrected chi connectivity index (χ4v) is 5.07. The van der Waals surface area contributed by atoms with Gasteiger partial charge in [-0.05, 0) is 53.9 Å². The summed E-state index contributed by atoms with van der Waals surface area (Å²) in [5.74, 6) is -12.4. The van der Waals surface area contributed by atoms with E-state index in [1.54, 1.807) is 0 Å². The summed E-state index contributed by atoms with van der Waals surface area (Å²) in [5, 5.41) is 0. The Bertz CT molecular complexity index is 1490. The molecule has 5 rings (SSSR count). The van der Waals surface area contributed by atoms with Crippen LogP contribution in [-0.4, -0.2) is 25.2 Å². The lowest BCUT2D eigenvalue weighted by molar-refractivity contribution is -0.432. The van der Waals surface area contributed by atoms with E-state index in [1.807, 2.05) is 6.92 Å². The molecule has 0 saturated carbocycles. The van der Waals surface area contributed by atoms with E-state index in [1.165, 1.54) is 0 Å². The summed E-state index contributed by atoms with van der Waals surface area (Å²) in [4.78, 5) is 0. The largest absolute Gasteiger partial charge is 0.527 e. The minimum absolute atomic E-state index is 0.0494. The van der Waals surface area contributed by atoms with Crippen LogP contribution in [0.2, 0.25) is 0 Å². The maximum atomic E-state index is 15.2. The Hall–Kier alpha value is -3.27. The van der Waals surface area contributed by atoms with Gasteiger partial charge < -0.3 is 14.2 Å². The normalized spacial score (nSPS) is 22.0. The van der Waals surface area contributed by atoms with Crippen LogP contribution in [0.3, 0.4) is 0 Å². The van der Waals surface area contributed by atoms with Crippen molar-refractivity contribution in [3.8, 4) is 22.3 Å². The fourth-order valence-electron chi connectivity index (χ4n) is 5.07. The molecule has 4 nitrogen and oxygen atoms in total. The minimum atomic E-state index is -5.99. The fraction of sp³-hybridized carbons (Fsp3) is 0.357. The number of halogens is 11. The Morgan fingerprint density at radius 3 is 1.58 bits per heavy atom. The van der Waals surface area contributed by atoms with E-state index in [0.29, 0.717) is 18.6 Å². The van der Waals surface area contributed by atoms with Gasteiger partial charge in [0.2, 0.25) is 0 Å². The first-order chi connectivity index (χ1) is 20.0. The summed E-state index contributed by atoms with van der Waals surface area (Å²) >= 11 is 0. The molecule has 0 aliphatic carbocycles. The third-order valence-electron chi connectivity index (χ3n) is 6.98. The van der Waals surface area contributed by atoms with Crippen molar-refractivity contribution in [2.45, 2.75) is 50.2 Å². The average Bonchev–Trinajstić information content (AvgIpc) is 3.43. The van der Waals surface area contributed by atoms with Gasteiger partial charge in [-0.25, -0.2) is 31.1 Å². The van der Waals surface area contributed by atoms with Crippen LogP contribution < -0.4 is 0 Å². The van der Waals surface area contributed by atoms with Crippen LogP contribution in [0.4, 0.5) is 48.3 Å². The van der Waals surface area contributed by atoms with Crippen LogP contribution >= 0.6 is 0 Å². The second kappa shape index (κ2) is 10.7. The van der Waals surface area contributed by atoms with Gasteiger partial charge in [-0.3, -0.25) is 0 Å². The molecule has 2 heterocycles. The van der Waals surface area contributed by atoms with Crippen molar-refractivity contribution in [2.24, 2.45) is 0 Å². The van der Waals surface area contributed by atoms with E-state index in [-0.39, 0.29) is 30.9 Å². The molecule has 3 aromatic rings. The van der Waals surface area contributed by atoms with Crippen LogP contribution in [0.15, 0.2) is 36.4 Å². The Morgan fingerprint density at radius 1 is 0.698 bits per heavy atom. The summed E-state index contributed by atoms with van der Waals surface area (Å²) < 4.78 is 173. The molecule has 0 amide bonds. The number of unbranched alkanes of at least 4 members (excludes halogenated alkanes) is 1. The molecule has 2 aliphatic rings. The lowest BCUT2D eigenvalue weighted by Crippen LogP contribution is -2.35. The zero-order valence-corrected chi connectivity index (χ0v) is 21.8. The molecule has 0 N–H and O–H groups in total. The zero-order valence-electron chi connectivity index (χ0n) is 21.8. The van der Waals surface area contributed by atoms with Crippen molar-refractivity contribution >= 4 is 0 Å². The predicted molar refractivity (Wildman–Crippen MR) is 125 cm³/mol. The number of hydrogen-bond acceptors (Lipinski definition) is 4. The van der Waals surface area contributed by atoms with Crippen molar-refractivity contribution in [3.63, 3.8) is 0 Å². The highest BCUT2D eigenvalue weighted by atomic mass is 19.4. The number of hydrogen-bond donors (Lipinski definition) is 0. The summed E-state index contributed by atoms with van der Waals surface area (Å²) in [6.45, 7) is 2.17. The standard InChI is InChI=1S/C28H19F11O4/c1-2-3-4-25-11-40-27(42-25,41-12-25)15-9-18(31)23(19(32)10-15)13-5-16(29)22(17(30)6-13)14-7-20(33)24(21(34)8-14)26(35,36)43-28(37,38)39/h5-10H,2-4,11-12H2,1H3. The molecule has 0 unspecified atom stereocenters. The van der Waals surface area contributed by atoms with Crippen LogP contribution in [0.5, 0.6) is 0 Å². The van der Waals surface area contributed by atoms with Crippen molar-refractivity contribution in [1.29, 1.82) is 0 Å². The van der Waals surface area contributed by atoms with Gasteiger partial charge in [0.25, 0.3) is 0 Å². The summed E-state index contributed by atoms with van der Waals surface area (Å²) in [5.41, 5.74) is -7.33. The average molecular weight is 628 g/mol. The molecule has 0 radical (unpaired) electrons. The van der Waals surface area contributed by atoms with Crippen molar-refractivity contribution < 1.29 is 67.2 Å². The Labute approximate surface area is 235 Å². The summed E-state index contributed by atoms with van der Waals surface area (Å²) in [6, 6.07) is 2.30. The van der Waals surface area contributed by atoms with Crippen LogP contribution in [0, 0.1) is 34.9 Å². The Kier molecular flexibility index (Phi) is 7.77. The second-order valence-corrected chi connectivity index (χ2v) is 10.0. The molecular weight excluding hydrogens is 609 g/mol. The molecular formula is C28H19F11O4. The van der Waals surface area contributed by atoms with E-state index in [4.69, 9.17) is 14.2 Å². The molecule has 2 aliphatic heterocycles. The van der Waals surface area contributed by atoms with Crippen LogP contribution in [0.25, 0.3) is 22.3 Å². The summed E-state index contributed by atoms with van der Waals surface area (Å²) in [7, 11) is 0. The second-order valence-electron chi connectivity index (χ2n) is 10.0. The van der Waals surface area contributed by atoms with E-state index in [0.717, 1.165) is 25.0 Å². The van der Waals surface area contributed by atoms with Gasteiger partial charge in [0.1, 0.15) is 46.1 Å². The van der Waals surface area contributed by atoms with Crippen molar-refractivity contribution in [1.82, 2.24) is 0 Å². The summed E-state index contributed by atoms with van der Waals surface area (Å²) in [6.07, 6.45) is -9.32. The monoisotopic (exact) mass is 628 g/mol. The topological polar surface area (TPSA) is 36.9 Å². The number of ether oxygens (including phenoxy) is 4. The molecule has 3 aromatic carbocycles. The van der Waals surface area contributed by atoms with Gasteiger partial charge in [-0.15, -0.1) is 13.2 Å². The smallest absolute Gasteiger partial charge is 0.320 e. The van der Waals surface area contributed by atoms with E-state index < -0.39 is 86.8 Å². The van der Waals surface area contributed by atoms with Gasteiger partial charge in [0.15, 0.2) is 0 Å². The lowest BCUT2D eigenvalue weighted by atomic mass is 9.96. The number of alkyl halides is 5. The maximum absolute atomic E-state index is 15.2. The molecule has 2 fully saturated rings. The molecule has 0 atom stereocenters. The Balaban J connectivity index is 1.48. The highest BCUT2D eigenvalue weighted by molar-refractivity contribution is 5.73. The number of benzene rings is 3. The van der Waals surface area contributed by atoms with Gasteiger partial charge in [0, 0.05) is 5.56 Å². The lowest BCUT2D eigenvalue weighted by Gasteiger charge is -2.25. The highest BCUT2D eigenvalue weighted by Crippen LogP contribution is 2.50. The molecule has 2 saturated heterocycles. The quantitative estimate of drug-likeness (QED) is 0.235. The molecule has 0 aromatic heterocycles. The predicted octanol–water partition coefficient (Wildman–Crippen LogP) is 8.56. The number of rotatable bonds is 8. The van der Waals surface area contributed by atoms with Gasteiger partial charge in [-0.2, -0.15) is 8.78 Å². The highest BCUT2D eigenvalue weighted by Gasteiger charge is 2.60. The van der Waals surface area contributed by atoms with E-state index in [2.05, 4.69) is 4.74 Å². The maximum Gasteiger partial charge on any atom is 0.527 e. The van der Waals surface area contributed by atoms with Gasteiger partial charge >= 0.3 is 18.4 Å². The van der Waals surface area contributed by atoms with Crippen LogP contribution in [-0.2, 0) is 31.0 Å². The third-order valence-corrected chi connectivity index (χ3v) is 6.98. The van der Waals surface area contributed by atoms with Gasteiger partial charge in [-0.1, -0.05) is 19.8 Å². The molecule has 0 spiro atoms.